The molecule has 0 radical (unpaired) electrons. The van der Waals surface area contributed by atoms with Gasteiger partial charge in [0.25, 0.3) is 0 Å². The molecule has 2 N–H and O–H groups in total. The quantitative estimate of drug-likeness (QED) is 0.852. The molecule has 0 aromatic heterocycles. The standard InChI is InChI=1S/C12H17NO3.ClH/c1-3-13(8-12(15)16)9(2)10-5-4-6-11(14)7-10;/h4-7,9,14H,3,8H2,1-2H3,(H,15,16);1H. The number of benzene rings is 1. The van der Waals surface area contributed by atoms with Crippen molar-refractivity contribution in [1.82, 2.24) is 4.90 Å². The number of nitrogens with zero attached hydrogens (tertiary/aromatic N) is 1. The molecule has 0 aliphatic heterocycles. The van der Waals surface area contributed by atoms with Gasteiger partial charge < -0.3 is 10.2 Å². The van der Waals surface area contributed by atoms with Crippen LogP contribution in [0.25, 0.3) is 0 Å². The van der Waals surface area contributed by atoms with Gasteiger partial charge in [-0.25, -0.2) is 0 Å². The number of carboxylic acid groups (broad SMARTS) is 1. The lowest BCUT2D eigenvalue weighted by Crippen LogP contribution is -2.32. The van der Waals surface area contributed by atoms with E-state index in [1.165, 1.54) is 0 Å². The number of rotatable bonds is 5. The fourth-order valence-electron chi connectivity index (χ4n) is 1.69. The van der Waals surface area contributed by atoms with Crippen LogP contribution in [0.5, 0.6) is 5.75 Å². The van der Waals surface area contributed by atoms with Crippen molar-refractivity contribution in [2.75, 3.05) is 13.1 Å². The summed E-state index contributed by atoms with van der Waals surface area (Å²) in [5.41, 5.74) is 0.920. The first kappa shape index (κ1) is 15.7. The summed E-state index contributed by atoms with van der Waals surface area (Å²) < 4.78 is 0. The van der Waals surface area contributed by atoms with Crippen molar-refractivity contribution in [3.05, 3.63) is 29.8 Å². The second-order valence-corrected chi connectivity index (χ2v) is 3.73. The number of aromatic hydroxyl groups is 1. The number of carbonyl (C=O) groups is 1. The molecule has 0 spiro atoms. The third kappa shape index (κ3) is 4.63. The highest BCUT2D eigenvalue weighted by Crippen LogP contribution is 2.22. The second-order valence-electron chi connectivity index (χ2n) is 3.73. The van der Waals surface area contributed by atoms with E-state index in [0.29, 0.717) is 6.54 Å². The number of aliphatic carboxylic acids is 1. The molecule has 1 unspecified atom stereocenters. The van der Waals surface area contributed by atoms with E-state index < -0.39 is 5.97 Å². The first-order valence-corrected chi connectivity index (χ1v) is 5.29. The maximum Gasteiger partial charge on any atom is 0.317 e. The van der Waals surface area contributed by atoms with E-state index in [1.807, 2.05) is 24.8 Å². The minimum atomic E-state index is -0.839. The molecule has 0 saturated heterocycles. The van der Waals surface area contributed by atoms with E-state index in [9.17, 15) is 9.90 Å². The molecule has 4 nitrogen and oxygen atoms in total. The molecule has 0 aliphatic rings. The highest BCUT2D eigenvalue weighted by atomic mass is 35.5. The summed E-state index contributed by atoms with van der Waals surface area (Å²) in [6.07, 6.45) is 0. The summed E-state index contributed by atoms with van der Waals surface area (Å²) in [6, 6.07) is 6.89. The summed E-state index contributed by atoms with van der Waals surface area (Å²) in [5.74, 6) is -0.635. The first-order chi connectivity index (χ1) is 7.54. The molecule has 0 saturated carbocycles. The van der Waals surface area contributed by atoms with Gasteiger partial charge in [0, 0.05) is 6.04 Å². The Bertz CT molecular complexity index is 371. The molecule has 17 heavy (non-hydrogen) atoms. The monoisotopic (exact) mass is 259 g/mol. The smallest absolute Gasteiger partial charge is 0.317 e. The van der Waals surface area contributed by atoms with Crippen LogP contribution in [0.15, 0.2) is 24.3 Å². The van der Waals surface area contributed by atoms with Crippen molar-refractivity contribution in [1.29, 1.82) is 0 Å². The second kappa shape index (κ2) is 7.14. The van der Waals surface area contributed by atoms with Crippen molar-refractivity contribution in [2.24, 2.45) is 0 Å². The predicted molar refractivity (Wildman–Crippen MR) is 68.7 cm³/mol. The first-order valence-electron chi connectivity index (χ1n) is 5.29. The molecule has 96 valence electrons. The van der Waals surface area contributed by atoms with E-state index in [4.69, 9.17) is 5.11 Å². The fraction of sp³-hybridized carbons (Fsp3) is 0.417. The number of phenols is 1. The molecular formula is C12H18ClNO3. The van der Waals surface area contributed by atoms with Gasteiger partial charge in [-0.2, -0.15) is 0 Å². The van der Waals surface area contributed by atoms with Crippen LogP contribution in [0.4, 0.5) is 0 Å². The zero-order chi connectivity index (χ0) is 12.1. The zero-order valence-corrected chi connectivity index (χ0v) is 10.8. The predicted octanol–water partition coefficient (Wildman–Crippen LogP) is 2.28. The maximum atomic E-state index is 10.7. The van der Waals surface area contributed by atoms with E-state index in [0.717, 1.165) is 5.56 Å². The van der Waals surface area contributed by atoms with Crippen LogP contribution in [0, 0.1) is 0 Å². The molecule has 1 aromatic rings. The molecule has 0 heterocycles. The van der Waals surface area contributed by atoms with Crippen molar-refractivity contribution in [2.45, 2.75) is 19.9 Å². The zero-order valence-electron chi connectivity index (χ0n) is 9.96. The SMILES string of the molecule is CCN(CC(=O)O)C(C)c1cccc(O)c1.Cl. The third-order valence-electron chi connectivity index (χ3n) is 2.64. The average molecular weight is 260 g/mol. The van der Waals surface area contributed by atoms with Gasteiger partial charge in [0.2, 0.25) is 0 Å². The third-order valence-corrected chi connectivity index (χ3v) is 2.64. The van der Waals surface area contributed by atoms with E-state index in [-0.39, 0.29) is 30.7 Å². The Kier molecular flexibility index (Phi) is 6.61. The van der Waals surface area contributed by atoms with Gasteiger partial charge in [-0.05, 0) is 31.2 Å². The molecule has 0 bridgehead atoms. The van der Waals surface area contributed by atoms with E-state index in [1.54, 1.807) is 18.2 Å². The molecule has 0 aliphatic carbocycles. The summed E-state index contributed by atoms with van der Waals surface area (Å²) in [7, 11) is 0. The minimum absolute atomic E-state index is 0. The van der Waals surface area contributed by atoms with Gasteiger partial charge in [0.05, 0.1) is 6.54 Å². The van der Waals surface area contributed by atoms with Crippen LogP contribution >= 0.6 is 12.4 Å². The van der Waals surface area contributed by atoms with Gasteiger partial charge >= 0.3 is 5.97 Å². The number of hydrogen-bond acceptors (Lipinski definition) is 3. The number of hydrogen-bond donors (Lipinski definition) is 2. The van der Waals surface area contributed by atoms with Gasteiger partial charge in [-0.1, -0.05) is 19.1 Å². The molecule has 5 heteroatoms. The Labute approximate surface area is 107 Å². The van der Waals surface area contributed by atoms with Crippen molar-refractivity contribution in [3.8, 4) is 5.75 Å². The van der Waals surface area contributed by atoms with Crippen molar-refractivity contribution in [3.63, 3.8) is 0 Å². The number of phenolic OH excluding ortho intramolecular Hbond substituents is 1. The Morgan fingerprint density at radius 1 is 1.47 bits per heavy atom. The summed E-state index contributed by atoms with van der Waals surface area (Å²) in [6.45, 7) is 4.51. The Balaban J connectivity index is 0.00000256. The lowest BCUT2D eigenvalue weighted by Gasteiger charge is -2.26. The minimum Gasteiger partial charge on any atom is -0.508 e. The number of carboxylic acids is 1. The van der Waals surface area contributed by atoms with Crippen molar-refractivity contribution >= 4 is 18.4 Å². The molecule has 0 fully saturated rings. The molecule has 0 amide bonds. The lowest BCUT2D eigenvalue weighted by atomic mass is 10.1. The molecule has 1 atom stereocenters. The Morgan fingerprint density at radius 2 is 2.12 bits per heavy atom. The summed E-state index contributed by atoms with van der Waals surface area (Å²) in [4.78, 5) is 12.5. The average Bonchev–Trinajstić information content (AvgIpc) is 2.24. The maximum absolute atomic E-state index is 10.7. The van der Waals surface area contributed by atoms with Crippen LogP contribution in [-0.4, -0.2) is 34.2 Å². The fourth-order valence-corrected chi connectivity index (χ4v) is 1.69. The largest absolute Gasteiger partial charge is 0.508 e. The molecular weight excluding hydrogens is 242 g/mol. The van der Waals surface area contributed by atoms with Crippen LogP contribution in [0.2, 0.25) is 0 Å². The highest BCUT2D eigenvalue weighted by Gasteiger charge is 2.16. The van der Waals surface area contributed by atoms with Gasteiger partial charge in [-0.15, -0.1) is 12.4 Å². The van der Waals surface area contributed by atoms with Gasteiger partial charge in [0.1, 0.15) is 5.75 Å². The van der Waals surface area contributed by atoms with Gasteiger partial charge in [0.15, 0.2) is 0 Å². The van der Waals surface area contributed by atoms with Crippen LogP contribution < -0.4 is 0 Å². The van der Waals surface area contributed by atoms with Crippen molar-refractivity contribution < 1.29 is 15.0 Å². The Hall–Kier alpha value is -1.26. The normalized spacial score (nSPS) is 11.9. The molecule has 1 aromatic carbocycles. The van der Waals surface area contributed by atoms with Crippen LogP contribution in [0.1, 0.15) is 25.5 Å². The van der Waals surface area contributed by atoms with Crippen LogP contribution in [0.3, 0.4) is 0 Å². The molecule has 1 rings (SSSR count). The topological polar surface area (TPSA) is 60.8 Å². The number of halogens is 1. The Morgan fingerprint density at radius 3 is 2.59 bits per heavy atom. The lowest BCUT2D eigenvalue weighted by molar-refractivity contribution is -0.138. The summed E-state index contributed by atoms with van der Waals surface area (Å²) >= 11 is 0. The van der Waals surface area contributed by atoms with Gasteiger partial charge in [-0.3, -0.25) is 9.69 Å². The van der Waals surface area contributed by atoms with E-state index >= 15 is 0 Å². The van der Waals surface area contributed by atoms with Crippen LogP contribution in [-0.2, 0) is 4.79 Å². The number of likely N-dealkylation sites (N-methyl/N-ethyl adjacent to an activating group) is 1. The highest BCUT2D eigenvalue weighted by molar-refractivity contribution is 5.85. The summed E-state index contributed by atoms with van der Waals surface area (Å²) in [5, 5.41) is 18.1. The van der Waals surface area contributed by atoms with E-state index in [2.05, 4.69) is 0 Å².